The molecule has 0 aromatic carbocycles. The summed E-state index contributed by atoms with van der Waals surface area (Å²) in [4.78, 5) is 19.6. The molecule has 2 N–H and O–H groups in total. The van der Waals surface area contributed by atoms with Gasteiger partial charge in [0, 0.05) is 0 Å². The van der Waals surface area contributed by atoms with Gasteiger partial charge in [0.15, 0.2) is 0 Å². The van der Waals surface area contributed by atoms with Crippen molar-refractivity contribution in [2.24, 2.45) is 5.41 Å². The number of rotatable bonds is 3. The first-order valence-corrected chi connectivity index (χ1v) is 6.17. The number of fused-ring (bicyclic) bond motifs is 1. The Morgan fingerprint density at radius 1 is 1.55 bits per heavy atom. The second-order valence-corrected chi connectivity index (χ2v) is 5.11. The van der Waals surface area contributed by atoms with E-state index in [-0.39, 0.29) is 12.6 Å². The molecule has 0 amide bonds. The second-order valence-electron chi connectivity index (χ2n) is 5.11. The van der Waals surface area contributed by atoms with Gasteiger partial charge in [-0.25, -0.2) is 4.98 Å². The molecule has 8 heteroatoms. The number of carboxylic acids is 1. The number of anilines is 1. The first-order chi connectivity index (χ1) is 9.52. The van der Waals surface area contributed by atoms with Gasteiger partial charge in [-0.15, -0.1) is 0 Å². The SMILES string of the molecule is Cc1noc2ncnc(NC3COCC3(C)C(=O)O)c12. The Hall–Kier alpha value is -2.22. The molecule has 1 aliphatic rings. The van der Waals surface area contributed by atoms with Gasteiger partial charge in [-0.1, -0.05) is 5.16 Å². The van der Waals surface area contributed by atoms with Crippen molar-refractivity contribution >= 4 is 22.9 Å². The van der Waals surface area contributed by atoms with Crippen LogP contribution < -0.4 is 5.32 Å². The van der Waals surface area contributed by atoms with Crippen LogP contribution in [0.25, 0.3) is 11.1 Å². The van der Waals surface area contributed by atoms with Crippen molar-refractivity contribution < 1.29 is 19.2 Å². The molecule has 3 rings (SSSR count). The van der Waals surface area contributed by atoms with Crippen LogP contribution in [0.5, 0.6) is 0 Å². The Morgan fingerprint density at radius 2 is 2.35 bits per heavy atom. The van der Waals surface area contributed by atoms with Crippen molar-refractivity contribution in [2.75, 3.05) is 18.5 Å². The predicted molar refractivity (Wildman–Crippen MR) is 68.3 cm³/mol. The third-order valence-corrected chi connectivity index (χ3v) is 3.70. The molecular formula is C12H14N4O4. The van der Waals surface area contributed by atoms with Crippen LogP contribution >= 0.6 is 0 Å². The van der Waals surface area contributed by atoms with Gasteiger partial charge < -0.3 is 19.7 Å². The first kappa shape index (κ1) is 12.8. The maximum absolute atomic E-state index is 11.4. The van der Waals surface area contributed by atoms with E-state index in [9.17, 15) is 9.90 Å². The number of carbonyl (C=O) groups is 1. The van der Waals surface area contributed by atoms with Crippen LogP contribution in [0.2, 0.25) is 0 Å². The Balaban J connectivity index is 1.97. The van der Waals surface area contributed by atoms with Crippen LogP contribution in [0, 0.1) is 12.3 Å². The maximum Gasteiger partial charge on any atom is 0.313 e. The Morgan fingerprint density at radius 3 is 3.10 bits per heavy atom. The highest BCUT2D eigenvalue weighted by atomic mass is 16.5. The largest absolute Gasteiger partial charge is 0.481 e. The van der Waals surface area contributed by atoms with Crippen molar-refractivity contribution in [3.63, 3.8) is 0 Å². The molecule has 1 fully saturated rings. The third kappa shape index (κ3) is 1.80. The minimum Gasteiger partial charge on any atom is -0.481 e. The minimum absolute atomic E-state index is 0.164. The molecule has 0 saturated carbocycles. The molecule has 106 valence electrons. The zero-order valence-electron chi connectivity index (χ0n) is 11.1. The van der Waals surface area contributed by atoms with Crippen molar-refractivity contribution in [3.8, 4) is 0 Å². The maximum atomic E-state index is 11.4. The summed E-state index contributed by atoms with van der Waals surface area (Å²) >= 11 is 0. The lowest BCUT2D eigenvalue weighted by Gasteiger charge is -2.25. The second kappa shape index (κ2) is 4.41. The van der Waals surface area contributed by atoms with Gasteiger partial charge in [-0.3, -0.25) is 4.79 Å². The van der Waals surface area contributed by atoms with E-state index in [0.29, 0.717) is 29.2 Å². The van der Waals surface area contributed by atoms with Gasteiger partial charge in [-0.05, 0) is 13.8 Å². The van der Waals surface area contributed by atoms with Crippen molar-refractivity contribution in [2.45, 2.75) is 19.9 Å². The molecule has 0 aliphatic carbocycles. The summed E-state index contributed by atoms with van der Waals surface area (Å²) in [6.07, 6.45) is 1.35. The van der Waals surface area contributed by atoms with Crippen LogP contribution in [-0.2, 0) is 9.53 Å². The number of hydrogen-bond donors (Lipinski definition) is 2. The molecule has 1 aliphatic heterocycles. The summed E-state index contributed by atoms with van der Waals surface area (Å²) in [6, 6.07) is -0.382. The summed E-state index contributed by atoms with van der Waals surface area (Å²) in [7, 11) is 0. The van der Waals surface area contributed by atoms with E-state index >= 15 is 0 Å². The van der Waals surface area contributed by atoms with Gasteiger partial charge in [0.2, 0.25) is 0 Å². The van der Waals surface area contributed by atoms with Crippen molar-refractivity contribution in [1.29, 1.82) is 0 Å². The highest BCUT2D eigenvalue weighted by Crippen LogP contribution is 2.32. The lowest BCUT2D eigenvalue weighted by atomic mass is 9.85. The molecule has 2 aromatic rings. The molecule has 0 bridgehead atoms. The zero-order valence-corrected chi connectivity index (χ0v) is 11.1. The Bertz CT molecular complexity index is 671. The van der Waals surface area contributed by atoms with Gasteiger partial charge in [0.05, 0.1) is 24.9 Å². The molecule has 0 radical (unpaired) electrons. The number of aryl methyl sites for hydroxylation is 1. The van der Waals surface area contributed by atoms with Crippen LogP contribution in [0.4, 0.5) is 5.82 Å². The van der Waals surface area contributed by atoms with Gasteiger partial charge in [0.25, 0.3) is 5.71 Å². The van der Waals surface area contributed by atoms with E-state index in [0.717, 1.165) is 0 Å². The van der Waals surface area contributed by atoms with Crippen LogP contribution in [0.3, 0.4) is 0 Å². The van der Waals surface area contributed by atoms with Crippen LogP contribution in [0.15, 0.2) is 10.9 Å². The lowest BCUT2D eigenvalue weighted by Crippen LogP contribution is -2.43. The number of carboxylic acid groups (broad SMARTS) is 1. The molecule has 2 aromatic heterocycles. The van der Waals surface area contributed by atoms with E-state index in [2.05, 4.69) is 20.4 Å². The van der Waals surface area contributed by atoms with Gasteiger partial charge in [0.1, 0.15) is 22.9 Å². The Labute approximate surface area is 114 Å². The number of aliphatic carboxylic acids is 1. The summed E-state index contributed by atoms with van der Waals surface area (Å²) in [5.41, 5.74) is 0.0255. The van der Waals surface area contributed by atoms with Crippen LogP contribution in [-0.4, -0.2) is 45.5 Å². The summed E-state index contributed by atoms with van der Waals surface area (Å²) in [5, 5.41) is 17.0. The average Bonchev–Trinajstić information content (AvgIpc) is 2.96. The fourth-order valence-corrected chi connectivity index (χ4v) is 2.28. The van der Waals surface area contributed by atoms with Crippen molar-refractivity contribution in [3.05, 3.63) is 12.0 Å². The molecule has 1 saturated heterocycles. The van der Waals surface area contributed by atoms with E-state index in [1.807, 2.05) is 0 Å². The van der Waals surface area contributed by atoms with E-state index < -0.39 is 11.4 Å². The molecule has 0 spiro atoms. The first-order valence-electron chi connectivity index (χ1n) is 6.17. The fraction of sp³-hybridized carbons (Fsp3) is 0.500. The van der Waals surface area contributed by atoms with Crippen LogP contribution in [0.1, 0.15) is 12.6 Å². The topological polar surface area (TPSA) is 110 Å². The smallest absolute Gasteiger partial charge is 0.313 e. The highest BCUT2D eigenvalue weighted by molar-refractivity contribution is 5.88. The number of aromatic nitrogens is 3. The Kier molecular flexibility index (Phi) is 2.82. The summed E-state index contributed by atoms with van der Waals surface area (Å²) < 4.78 is 10.4. The fourth-order valence-electron chi connectivity index (χ4n) is 2.28. The number of ether oxygens (including phenoxy) is 1. The summed E-state index contributed by atoms with van der Waals surface area (Å²) in [5.74, 6) is -0.392. The monoisotopic (exact) mass is 278 g/mol. The normalized spacial score (nSPS) is 26.0. The number of nitrogens with one attached hydrogen (secondary N) is 1. The quantitative estimate of drug-likeness (QED) is 0.849. The molecule has 3 heterocycles. The summed E-state index contributed by atoms with van der Waals surface area (Å²) in [6.45, 7) is 3.90. The van der Waals surface area contributed by atoms with E-state index in [4.69, 9.17) is 9.26 Å². The highest BCUT2D eigenvalue weighted by Gasteiger charge is 2.47. The molecule has 8 nitrogen and oxygen atoms in total. The van der Waals surface area contributed by atoms with E-state index in [1.54, 1.807) is 13.8 Å². The predicted octanol–water partition coefficient (Wildman–Crippen LogP) is 0.828. The van der Waals surface area contributed by atoms with Gasteiger partial charge >= 0.3 is 5.97 Å². The van der Waals surface area contributed by atoms with Crippen molar-refractivity contribution in [1.82, 2.24) is 15.1 Å². The standard InChI is InChI=1S/C12H14N4O4/c1-6-8-9(13-5-14-10(8)20-16-6)15-7-3-19-4-12(7,2)11(17)18/h5,7H,3-4H2,1-2H3,(H,17,18)(H,13,14,15). The number of hydrogen-bond acceptors (Lipinski definition) is 7. The molecule has 2 unspecified atom stereocenters. The lowest BCUT2D eigenvalue weighted by molar-refractivity contribution is -0.148. The van der Waals surface area contributed by atoms with Gasteiger partial charge in [-0.2, -0.15) is 4.98 Å². The molecule has 2 atom stereocenters. The number of nitrogens with zero attached hydrogens (tertiary/aromatic N) is 3. The minimum atomic E-state index is -0.998. The third-order valence-electron chi connectivity index (χ3n) is 3.70. The van der Waals surface area contributed by atoms with E-state index in [1.165, 1.54) is 6.33 Å². The average molecular weight is 278 g/mol. The molecule has 20 heavy (non-hydrogen) atoms. The zero-order chi connectivity index (χ0) is 14.3. The molecular weight excluding hydrogens is 264 g/mol.